The van der Waals surface area contributed by atoms with Gasteiger partial charge in [0.15, 0.2) is 20.3 Å². The number of nitrogens with zero attached hydrogens (tertiary/aromatic N) is 2. The van der Waals surface area contributed by atoms with Gasteiger partial charge in [-0.1, -0.05) is 0 Å². The average molecular weight is 281 g/mol. The number of H-pyrrole nitrogens is 1. The monoisotopic (exact) mass is 281 g/mol. The maximum Gasteiger partial charge on any atom is 0.179 e. The fourth-order valence-electron chi connectivity index (χ4n) is 2.12. The molecule has 94 valence electrons. The van der Waals surface area contributed by atoms with Crippen LogP contribution >= 0.6 is 12.2 Å². The molecule has 1 N–H and O–H groups in total. The first-order chi connectivity index (χ1) is 8.46. The SMILES string of the molecule is Cc1ccc2[nH]c(=S)n(C3C=CS(=O)(=O)C3)c2n1. The molecular formula is C11H11N3O2S2. The van der Waals surface area contributed by atoms with Crippen LogP contribution in [0, 0.1) is 11.7 Å². The summed E-state index contributed by atoms with van der Waals surface area (Å²) >= 11 is 5.25. The van der Waals surface area contributed by atoms with Gasteiger partial charge in [-0.25, -0.2) is 13.4 Å². The zero-order valence-corrected chi connectivity index (χ0v) is 11.3. The van der Waals surface area contributed by atoms with Gasteiger partial charge in [0.1, 0.15) is 0 Å². The molecule has 2 aromatic heterocycles. The van der Waals surface area contributed by atoms with Crippen LogP contribution in [0.5, 0.6) is 0 Å². The Bertz CT molecular complexity index is 814. The fraction of sp³-hybridized carbons (Fsp3) is 0.273. The Morgan fingerprint density at radius 3 is 2.94 bits per heavy atom. The number of imidazole rings is 1. The first kappa shape index (κ1) is 11.6. The maximum atomic E-state index is 11.5. The van der Waals surface area contributed by atoms with Crippen molar-refractivity contribution in [3.8, 4) is 0 Å². The van der Waals surface area contributed by atoms with E-state index in [-0.39, 0.29) is 11.8 Å². The number of hydrogen-bond donors (Lipinski definition) is 1. The Morgan fingerprint density at radius 1 is 1.50 bits per heavy atom. The van der Waals surface area contributed by atoms with Crippen molar-refractivity contribution in [3.63, 3.8) is 0 Å². The van der Waals surface area contributed by atoms with E-state index in [0.29, 0.717) is 10.4 Å². The molecule has 1 aliphatic rings. The van der Waals surface area contributed by atoms with Gasteiger partial charge in [-0.3, -0.25) is 4.57 Å². The van der Waals surface area contributed by atoms with Crippen LogP contribution in [-0.2, 0) is 9.84 Å². The summed E-state index contributed by atoms with van der Waals surface area (Å²) in [6.45, 7) is 1.89. The maximum absolute atomic E-state index is 11.5. The minimum Gasteiger partial charge on any atom is -0.329 e. The number of fused-ring (bicyclic) bond motifs is 1. The van der Waals surface area contributed by atoms with E-state index in [2.05, 4.69) is 9.97 Å². The molecule has 3 rings (SSSR count). The quantitative estimate of drug-likeness (QED) is 0.810. The summed E-state index contributed by atoms with van der Waals surface area (Å²) < 4.78 is 25.2. The lowest BCUT2D eigenvalue weighted by atomic mass is 10.3. The molecule has 0 saturated heterocycles. The zero-order chi connectivity index (χ0) is 12.9. The highest BCUT2D eigenvalue weighted by molar-refractivity contribution is 7.94. The largest absolute Gasteiger partial charge is 0.329 e. The van der Waals surface area contributed by atoms with Gasteiger partial charge in [-0.05, 0) is 37.4 Å². The van der Waals surface area contributed by atoms with Crippen molar-refractivity contribution in [2.45, 2.75) is 13.0 Å². The van der Waals surface area contributed by atoms with E-state index < -0.39 is 9.84 Å². The number of hydrogen-bond acceptors (Lipinski definition) is 4. The molecule has 0 amide bonds. The summed E-state index contributed by atoms with van der Waals surface area (Å²) in [5.41, 5.74) is 2.39. The van der Waals surface area contributed by atoms with E-state index in [9.17, 15) is 8.42 Å². The predicted octanol–water partition coefficient (Wildman–Crippen LogP) is 1.89. The molecule has 2 aromatic rings. The number of sulfone groups is 1. The summed E-state index contributed by atoms with van der Waals surface area (Å²) in [6.07, 6.45) is 1.66. The van der Waals surface area contributed by atoms with Gasteiger partial charge >= 0.3 is 0 Å². The van der Waals surface area contributed by atoms with Gasteiger partial charge in [0, 0.05) is 11.1 Å². The highest BCUT2D eigenvalue weighted by Crippen LogP contribution is 2.25. The Labute approximate surface area is 109 Å². The lowest BCUT2D eigenvalue weighted by molar-refractivity contribution is 0.593. The second kappa shape index (κ2) is 3.76. The molecule has 0 spiro atoms. The standard InChI is InChI=1S/C11H11N3O2S2/c1-7-2-3-9-10(12-7)14(11(17)13-9)8-4-5-18(15,16)6-8/h2-5,8H,6H2,1H3,(H,13,17). The third kappa shape index (κ3) is 1.79. The van der Waals surface area contributed by atoms with E-state index in [1.165, 1.54) is 5.41 Å². The number of pyridine rings is 1. The number of aromatic amines is 1. The summed E-state index contributed by atoms with van der Waals surface area (Å²) in [5.74, 6) is 0.0455. The zero-order valence-electron chi connectivity index (χ0n) is 9.62. The molecule has 7 heteroatoms. The Kier molecular flexibility index (Phi) is 2.43. The second-order valence-electron chi connectivity index (χ2n) is 4.35. The van der Waals surface area contributed by atoms with E-state index in [1.807, 2.05) is 19.1 Å². The average Bonchev–Trinajstić information content (AvgIpc) is 2.77. The molecule has 1 unspecified atom stereocenters. The lowest BCUT2D eigenvalue weighted by Gasteiger charge is -2.09. The smallest absolute Gasteiger partial charge is 0.179 e. The van der Waals surface area contributed by atoms with Crippen LogP contribution in [0.2, 0.25) is 0 Å². The highest BCUT2D eigenvalue weighted by atomic mass is 32.2. The number of rotatable bonds is 1. The van der Waals surface area contributed by atoms with Crippen LogP contribution in [0.1, 0.15) is 11.7 Å². The number of allylic oxidation sites excluding steroid dienone is 1. The molecule has 5 nitrogen and oxygen atoms in total. The van der Waals surface area contributed by atoms with Crippen LogP contribution in [-0.4, -0.2) is 28.7 Å². The van der Waals surface area contributed by atoms with E-state index in [0.717, 1.165) is 11.2 Å². The van der Waals surface area contributed by atoms with Gasteiger partial charge in [-0.2, -0.15) is 0 Å². The Morgan fingerprint density at radius 2 is 2.28 bits per heavy atom. The molecule has 0 aliphatic carbocycles. The topological polar surface area (TPSA) is 67.8 Å². The lowest BCUT2D eigenvalue weighted by Crippen LogP contribution is -2.12. The molecule has 0 aromatic carbocycles. The van der Waals surface area contributed by atoms with Crippen LogP contribution in [0.25, 0.3) is 11.2 Å². The first-order valence-corrected chi connectivity index (χ1v) is 7.57. The third-order valence-electron chi connectivity index (χ3n) is 2.95. The van der Waals surface area contributed by atoms with Crippen molar-refractivity contribution < 1.29 is 8.42 Å². The van der Waals surface area contributed by atoms with Crippen molar-refractivity contribution in [3.05, 3.63) is 34.1 Å². The van der Waals surface area contributed by atoms with E-state index >= 15 is 0 Å². The van der Waals surface area contributed by atoms with Crippen LogP contribution in [0.3, 0.4) is 0 Å². The minimum absolute atomic E-state index is 0.0455. The van der Waals surface area contributed by atoms with Crippen molar-refractivity contribution in [2.24, 2.45) is 0 Å². The molecule has 0 radical (unpaired) electrons. The van der Waals surface area contributed by atoms with Gasteiger partial charge in [-0.15, -0.1) is 0 Å². The molecule has 18 heavy (non-hydrogen) atoms. The molecule has 0 fully saturated rings. The Balaban J connectivity index is 2.24. The van der Waals surface area contributed by atoms with Gasteiger partial charge < -0.3 is 4.98 Å². The molecular weight excluding hydrogens is 270 g/mol. The van der Waals surface area contributed by atoms with Gasteiger partial charge in [0.2, 0.25) is 0 Å². The van der Waals surface area contributed by atoms with E-state index in [4.69, 9.17) is 12.2 Å². The van der Waals surface area contributed by atoms with Crippen molar-refractivity contribution in [2.75, 3.05) is 5.75 Å². The molecule has 0 saturated carbocycles. The van der Waals surface area contributed by atoms with Crippen LogP contribution < -0.4 is 0 Å². The van der Waals surface area contributed by atoms with Gasteiger partial charge in [0.25, 0.3) is 0 Å². The highest BCUT2D eigenvalue weighted by Gasteiger charge is 2.25. The van der Waals surface area contributed by atoms with Crippen molar-refractivity contribution in [1.82, 2.24) is 14.5 Å². The Hall–Kier alpha value is -1.47. The summed E-state index contributed by atoms with van der Waals surface area (Å²) in [7, 11) is -3.11. The van der Waals surface area contributed by atoms with Crippen molar-refractivity contribution >= 4 is 33.2 Å². The number of nitrogens with one attached hydrogen (secondary N) is 1. The molecule has 0 bridgehead atoms. The molecule has 1 atom stereocenters. The second-order valence-corrected chi connectivity index (χ2v) is 6.67. The summed E-state index contributed by atoms with van der Waals surface area (Å²) in [4.78, 5) is 7.47. The van der Waals surface area contributed by atoms with Crippen LogP contribution in [0.4, 0.5) is 0 Å². The third-order valence-corrected chi connectivity index (χ3v) is 4.62. The van der Waals surface area contributed by atoms with Crippen LogP contribution in [0.15, 0.2) is 23.6 Å². The normalized spacial score (nSPS) is 21.7. The molecule has 3 heterocycles. The first-order valence-electron chi connectivity index (χ1n) is 5.45. The van der Waals surface area contributed by atoms with Gasteiger partial charge in [0.05, 0.1) is 17.3 Å². The molecule has 1 aliphatic heterocycles. The summed E-state index contributed by atoms with van der Waals surface area (Å²) in [5, 5.41) is 1.24. The van der Waals surface area contributed by atoms with E-state index in [1.54, 1.807) is 10.6 Å². The fourth-order valence-corrected chi connectivity index (χ4v) is 3.72. The predicted molar refractivity (Wildman–Crippen MR) is 71.6 cm³/mol. The number of aryl methyl sites for hydroxylation is 1. The number of aromatic nitrogens is 3. The summed E-state index contributed by atoms with van der Waals surface area (Å²) in [6, 6.07) is 3.52. The minimum atomic E-state index is -3.11. The van der Waals surface area contributed by atoms with Crippen molar-refractivity contribution in [1.29, 1.82) is 0 Å².